The molecule has 10 nitrogen and oxygen atoms in total. The number of hydroxylamine groups is 3. The van der Waals surface area contributed by atoms with E-state index < -0.39 is 47.0 Å². The Hall–Kier alpha value is -1.85. The summed E-state index contributed by atoms with van der Waals surface area (Å²) in [6.45, 7) is -0.595. The third-order valence-electron chi connectivity index (χ3n) is 2.93. The number of thiol groups is 1. The van der Waals surface area contributed by atoms with E-state index in [0.29, 0.717) is 0 Å². The Labute approximate surface area is 138 Å². The number of aliphatic carboxylic acids is 2. The van der Waals surface area contributed by atoms with Crippen molar-refractivity contribution < 1.29 is 34.0 Å². The molecule has 132 valence electrons. The average molecular weight is 351 g/mol. The third kappa shape index (κ3) is 8.38. The first-order valence-electron chi connectivity index (χ1n) is 6.66. The van der Waals surface area contributed by atoms with Crippen LogP contribution in [0, 0.1) is 5.21 Å². The van der Waals surface area contributed by atoms with E-state index in [9.17, 15) is 24.4 Å². The molecule has 0 spiro atoms. The number of nitrogens with one attached hydrogen (secondary N) is 2. The van der Waals surface area contributed by atoms with Crippen LogP contribution in [0.2, 0.25) is 0 Å². The van der Waals surface area contributed by atoms with Gasteiger partial charge in [0.1, 0.15) is 12.6 Å². The van der Waals surface area contributed by atoms with Crippen LogP contribution in [0.4, 0.5) is 0 Å². The van der Waals surface area contributed by atoms with Gasteiger partial charge in [0.2, 0.25) is 11.8 Å². The number of amides is 2. The Morgan fingerprint density at radius 3 is 2.17 bits per heavy atom. The summed E-state index contributed by atoms with van der Waals surface area (Å²) < 4.78 is -1.09. The highest BCUT2D eigenvalue weighted by molar-refractivity contribution is 7.80. The van der Waals surface area contributed by atoms with Crippen LogP contribution in [0.1, 0.15) is 12.8 Å². The minimum atomic E-state index is -1.32. The molecular weight excluding hydrogens is 330 g/mol. The smallest absolute Gasteiger partial charge is 0.362 e. The Balaban J connectivity index is 4.52. The summed E-state index contributed by atoms with van der Waals surface area (Å²) in [5.41, 5.74) is 0. The highest BCUT2D eigenvalue weighted by atomic mass is 32.1. The molecule has 23 heavy (non-hydrogen) atoms. The van der Waals surface area contributed by atoms with Crippen LogP contribution in [0.25, 0.3) is 0 Å². The van der Waals surface area contributed by atoms with Crippen molar-refractivity contribution in [1.29, 1.82) is 0 Å². The topological polar surface area (TPSA) is 156 Å². The highest BCUT2D eigenvalue weighted by Crippen LogP contribution is 2.11. The zero-order valence-electron chi connectivity index (χ0n) is 12.8. The molecule has 0 aliphatic rings. The number of hydrogen-bond donors (Lipinski definition) is 5. The number of carboxylic acid groups (broad SMARTS) is 2. The largest absolute Gasteiger partial charge is 0.633 e. The second-order valence-corrected chi connectivity index (χ2v) is 5.61. The van der Waals surface area contributed by atoms with Gasteiger partial charge in [0.15, 0.2) is 6.04 Å². The van der Waals surface area contributed by atoms with E-state index in [0.717, 1.165) is 14.1 Å². The normalized spacial score (nSPS) is 13.7. The first kappa shape index (κ1) is 21.1. The Morgan fingerprint density at radius 1 is 1.22 bits per heavy atom. The molecule has 2 atom stereocenters. The summed E-state index contributed by atoms with van der Waals surface area (Å²) in [6, 6.07) is -2.36. The molecule has 0 saturated heterocycles. The van der Waals surface area contributed by atoms with Crippen molar-refractivity contribution in [3.05, 3.63) is 5.21 Å². The highest BCUT2D eigenvalue weighted by Gasteiger charge is 2.29. The van der Waals surface area contributed by atoms with E-state index in [-0.39, 0.29) is 18.6 Å². The molecule has 2 amide bonds. The zero-order chi connectivity index (χ0) is 18.2. The van der Waals surface area contributed by atoms with E-state index in [1.807, 2.05) is 0 Å². The molecule has 0 radical (unpaired) electrons. The van der Waals surface area contributed by atoms with Crippen LogP contribution in [-0.4, -0.2) is 77.1 Å². The fourth-order valence-electron chi connectivity index (χ4n) is 1.71. The predicted molar refractivity (Wildman–Crippen MR) is 82.6 cm³/mol. The first-order chi connectivity index (χ1) is 10.5. The Morgan fingerprint density at radius 2 is 1.78 bits per heavy atom. The van der Waals surface area contributed by atoms with Crippen LogP contribution in [0.15, 0.2) is 0 Å². The fourth-order valence-corrected chi connectivity index (χ4v) is 1.97. The number of carbonyl (C=O) groups excluding carboxylic acids is 2. The van der Waals surface area contributed by atoms with E-state index >= 15 is 0 Å². The zero-order valence-corrected chi connectivity index (χ0v) is 13.7. The van der Waals surface area contributed by atoms with E-state index in [2.05, 4.69) is 23.3 Å². The molecule has 0 aliphatic heterocycles. The molecule has 0 unspecified atom stereocenters. The van der Waals surface area contributed by atoms with Crippen molar-refractivity contribution in [3.63, 3.8) is 0 Å². The van der Waals surface area contributed by atoms with Gasteiger partial charge in [0.25, 0.3) is 0 Å². The lowest BCUT2D eigenvalue weighted by molar-refractivity contribution is -0.857. The number of rotatable bonds is 10. The van der Waals surface area contributed by atoms with E-state index in [1.54, 1.807) is 0 Å². The number of carbonyl (C=O) groups is 4. The Bertz CT molecular complexity index is 464. The van der Waals surface area contributed by atoms with Gasteiger partial charge < -0.3 is 30.7 Å². The van der Waals surface area contributed by atoms with Gasteiger partial charge in [-0.25, -0.2) is 4.79 Å². The lowest BCUT2D eigenvalue weighted by atomic mass is 10.1. The third-order valence-corrected chi connectivity index (χ3v) is 3.29. The molecule has 0 aromatic heterocycles. The SMILES string of the molecule is C[N+](C)([O-])[C@@H](CCC(=O)N[C@@H](CS)C(=O)NCC(=O)O)C(=O)O. The van der Waals surface area contributed by atoms with Crippen molar-refractivity contribution in [2.75, 3.05) is 26.4 Å². The Kier molecular flexibility index (Phi) is 8.58. The summed E-state index contributed by atoms with van der Waals surface area (Å²) in [5.74, 6) is -3.97. The van der Waals surface area contributed by atoms with Crippen molar-refractivity contribution in [2.24, 2.45) is 0 Å². The van der Waals surface area contributed by atoms with E-state index in [1.165, 1.54) is 0 Å². The maximum atomic E-state index is 11.8. The van der Waals surface area contributed by atoms with Gasteiger partial charge in [-0.1, -0.05) is 0 Å². The summed E-state index contributed by atoms with van der Waals surface area (Å²) in [4.78, 5) is 44.8. The molecule has 0 aromatic rings. The van der Waals surface area contributed by atoms with Gasteiger partial charge >= 0.3 is 11.9 Å². The van der Waals surface area contributed by atoms with Crippen molar-refractivity contribution in [1.82, 2.24) is 10.6 Å². The van der Waals surface area contributed by atoms with Gasteiger partial charge in [-0.2, -0.15) is 12.6 Å². The number of likely N-dealkylation sites (N-methyl/N-ethyl adjacent to an activating group) is 1. The van der Waals surface area contributed by atoms with Crippen LogP contribution in [-0.2, 0) is 19.2 Å². The van der Waals surface area contributed by atoms with Crippen molar-refractivity contribution in [2.45, 2.75) is 24.9 Å². The molecule has 0 heterocycles. The molecule has 11 heteroatoms. The number of nitrogens with zero attached hydrogens (tertiary/aromatic N) is 1. The lowest BCUT2D eigenvalue weighted by Crippen LogP contribution is -2.51. The quantitative estimate of drug-likeness (QED) is 0.180. The summed E-state index contributed by atoms with van der Waals surface area (Å²) in [5, 5.41) is 33.5. The van der Waals surface area contributed by atoms with Crippen LogP contribution in [0.5, 0.6) is 0 Å². The molecule has 0 fully saturated rings. The fraction of sp³-hybridized carbons (Fsp3) is 0.667. The van der Waals surface area contributed by atoms with Gasteiger partial charge in [-0.15, -0.1) is 0 Å². The van der Waals surface area contributed by atoms with Gasteiger partial charge in [-0.05, 0) is 0 Å². The van der Waals surface area contributed by atoms with Gasteiger partial charge in [-0.3, -0.25) is 14.4 Å². The molecule has 0 rings (SSSR count). The van der Waals surface area contributed by atoms with E-state index in [4.69, 9.17) is 10.2 Å². The molecule has 0 aromatic carbocycles. The average Bonchev–Trinajstić information content (AvgIpc) is 2.40. The maximum absolute atomic E-state index is 11.8. The number of hydrogen-bond acceptors (Lipinski definition) is 6. The van der Waals surface area contributed by atoms with Crippen LogP contribution < -0.4 is 10.6 Å². The van der Waals surface area contributed by atoms with Crippen molar-refractivity contribution in [3.8, 4) is 0 Å². The lowest BCUT2D eigenvalue weighted by Gasteiger charge is -2.39. The second-order valence-electron chi connectivity index (χ2n) is 5.24. The summed E-state index contributed by atoms with van der Waals surface area (Å²) in [7, 11) is 2.32. The molecule has 0 aliphatic carbocycles. The monoisotopic (exact) mass is 351 g/mol. The number of carboxylic acids is 2. The van der Waals surface area contributed by atoms with Crippen molar-refractivity contribution >= 4 is 36.4 Å². The molecule has 0 saturated carbocycles. The summed E-state index contributed by atoms with van der Waals surface area (Å²) in [6.07, 6.45) is -0.467. The predicted octanol–water partition coefficient (Wildman–Crippen LogP) is -1.59. The minimum absolute atomic E-state index is 0.0668. The number of quaternary nitrogens is 1. The minimum Gasteiger partial charge on any atom is -0.633 e. The summed E-state index contributed by atoms with van der Waals surface area (Å²) >= 11 is 3.89. The van der Waals surface area contributed by atoms with Gasteiger partial charge in [0.05, 0.1) is 14.1 Å². The standard InChI is InChI=1S/C12H21N3O7S/c1-15(2,22)8(12(20)21)3-4-9(16)14-7(6-23)11(19)13-5-10(17)18/h7-8,23H,3-6H2,1-2H3,(H,13,19)(H,14,16)(H,17,18)(H,20,21)/t7-,8-/m0/s1. The first-order valence-corrected chi connectivity index (χ1v) is 7.29. The molecular formula is C12H21N3O7S. The molecule has 0 bridgehead atoms. The second kappa shape index (κ2) is 9.33. The maximum Gasteiger partial charge on any atom is 0.362 e. The van der Waals surface area contributed by atoms with Crippen LogP contribution in [0.3, 0.4) is 0 Å². The van der Waals surface area contributed by atoms with Gasteiger partial charge in [0, 0.05) is 18.6 Å². The van der Waals surface area contributed by atoms with Crippen LogP contribution >= 0.6 is 12.6 Å². The molecule has 4 N–H and O–H groups in total.